The molecule has 5 heteroatoms. The predicted octanol–water partition coefficient (Wildman–Crippen LogP) is 1.83. The number of rotatable bonds is 7. The van der Waals surface area contributed by atoms with Crippen LogP contribution in [0.15, 0.2) is 59.1 Å². The molecule has 2 aromatic carbocycles. The van der Waals surface area contributed by atoms with Gasteiger partial charge in [0.25, 0.3) is 5.91 Å². The second-order valence-electron chi connectivity index (χ2n) is 5.59. The van der Waals surface area contributed by atoms with Crippen LogP contribution < -0.4 is 15.0 Å². The molecule has 0 aliphatic rings. The van der Waals surface area contributed by atoms with Gasteiger partial charge >= 0.3 is 0 Å². The van der Waals surface area contributed by atoms with Crippen molar-refractivity contribution >= 4 is 21.8 Å². The summed E-state index contributed by atoms with van der Waals surface area (Å²) >= 11 is 3.36. The Morgan fingerprint density at radius 2 is 1.78 bits per heavy atom. The zero-order valence-corrected chi connectivity index (χ0v) is 15.0. The number of carbonyl (C=O) groups excluding carboxylic acids is 1. The van der Waals surface area contributed by atoms with Gasteiger partial charge in [-0.25, -0.2) is 0 Å². The van der Waals surface area contributed by atoms with Crippen molar-refractivity contribution < 1.29 is 14.4 Å². The van der Waals surface area contributed by atoms with Crippen molar-refractivity contribution in [2.75, 3.05) is 27.2 Å². The first-order valence-electron chi connectivity index (χ1n) is 7.56. The zero-order valence-electron chi connectivity index (χ0n) is 13.4. The summed E-state index contributed by atoms with van der Waals surface area (Å²) in [6.07, 6.45) is 0. The summed E-state index contributed by atoms with van der Waals surface area (Å²) in [4.78, 5) is 13.3. The zero-order chi connectivity index (χ0) is 16.7. The summed E-state index contributed by atoms with van der Waals surface area (Å²) in [5, 5.41) is 2.95. The Balaban J connectivity index is 1.83. The number of amides is 1. The molecule has 0 bridgehead atoms. The third-order valence-electron chi connectivity index (χ3n) is 3.59. The van der Waals surface area contributed by atoms with Crippen LogP contribution >= 0.6 is 15.9 Å². The Labute approximate surface area is 145 Å². The summed E-state index contributed by atoms with van der Waals surface area (Å²) in [5.74, 6) is 0.566. The maximum absolute atomic E-state index is 12.0. The summed E-state index contributed by atoms with van der Waals surface area (Å²) in [6, 6.07) is 17.8. The minimum absolute atomic E-state index is 0.0197. The van der Waals surface area contributed by atoms with Crippen LogP contribution in [0.2, 0.25) is 0 Å². The SMILES string of the molecule is C[NH+](C)[C@@H](CNC(=O)COc1ccc(Br)cc1)c1ccccc1. The van der Waals surface area contributed by atoms with Crippen molar-refractivity contribution in [2.45, 2.75) is 6.04 Å². The highest BCUT2D eigenvalue weighted by atomic mass is 79.9. The molecule has 4 nitrogen and oxygen atoms in total. The van der Waals surface area contributed by atoms with E-state index < -0.39 is 0 Å². The first-order valence-corrected chi connectivity index (χ1v) is 8.35. The average molecular weight is 378 g/mol. The van der Waals surface area contributed by atoms with E-state index in [0.29, 0.717) is 12.3 Å². The van der Waals surface area contributed by atoms with Gasteiger partial charge in [0.2, 0.25) is 0 Å². The quantitative estimate of drug-likeness (QED) is 0.772. The third kappa shape index (κ3) is 5.69. The summed E-state index contributed by atoms with van der Waals surface area (Å²) in [5.41, 5.74) is 1.21. The van der Waals surface area contributed by atoms with Crippen molar-refractivity contribution in [2.24, 2.45) is 0 Å². The van der Waals surface area contributed by atoms with Crippen molar-refractivity contribution in [3.8, 4) is 5.75 Å². The van der Waals surface area contributed by atoms with Gasteiger partial charge in [0, 0.05) is 10.0 Å². The highest BCUT2D eigenvalue weighted by molar-refractivity contribution is 9.10. The van der Waals surface area contributed by atoms with Crippen LogP contribution in [-0.2, 0) is 4.79 Å². The molecule has 2 rings (SSSR count). The molecule has 0 spiro atoms. The minimum Gasteiger partial charge on any atom is -0.484 e. The van der Waals surface area contributed by atoms with Crippen LogP contribution in [0.1, 0.15) is 11.6 Å². The number of halogens is 1. The molecule has 0 unspecified atom stereocenters. The maximum atomic E-state index is 12.0. The van der Waals surface area contributed by atoms with Gasteiger partial charge in [-0.05, 0) is 24.3 Å². The van der Waals surface area contributed by atoms with E-state index in [1.165, 1.54) is 10.5 Å². The smallest absolute Gasteiger partial charge is 0.258 e. The fourth-order valence-corrected chi connectivity index (χ4v) is 2.55. The highest BCUT2D eigenvalue weighted by Crippen LogP contribution is 2.15. The molecule has 23 heavy (non-hydrogen) atoms. The second kappa shape index (κ2) is 8.70. The largest absolute Gasteiger partial charge is 0.484 e. The first-order chi connectivity index (χ1) is 11.1. The number of nitrogens with one attached hydrogen (secondary N) is 2. The Morgan fingerprint density at radius 3 is 2.39 bits per heavy atom. The molecule has 1 amide bonds. The first kappa shape index (κ1) is 17.5. The van der Waals surface area contributed by atoms with Gasteiger partial charge in [0.1, 0.15) is 11.8 Å². The number of ether oxygens (including phenoxy) is 1. The van der Waals surface area contributed by atoms with E-state index >= 15 is 0 Å². The molecule has 0 aliphatic carbocycles. The van der Waals surface area contributed by atoms with E-state index in [2.05, 4.69) is 47.5 Å². The van der Waals surface area contributed by atoms with Crippen LogP contribution in [0.5, 0.6) is 5.75 Å². The molecule has 1 atom stereocenters. The fourth-order valence-electron chi connectivity index (χ4n) is 2.29. The molecule has 0 radical (unpaired) electrons. The molecule has 0 fully saturated rings. The Kier molecular flexibility index (Phi) is 6.62. The molecular weight excluding hydrogens is 356 g/mol. The van der Waals surface area contributed by atoms with Gasteiger partial charge in [0.05, 0.1) is 20.6 Å². The van der Waals surface area contributed by atoms with Crippen molar-refractivity contribution in [3.63, 3.8) is 0 Å². The Bertz CT molecular complexity index is 615. The molecule has 0 heterocycles. The normalized spacial score (nSPS) is 12.0. The number of hydrogen-bond acceptors (Lipinski definition) is 2. The van der Waals surface area contributed by atoms with Crippen LogP contribution in [0, 0.1) is 0 Å². The van der Waals surface area contributed by atoms with Crippen molar-refractivity contribution in [1.29, 1.82) is 0 Å². The molecule has 2 aromatic rings. The lowest BCUT2D eigenvalue weighted by Crippen LogP contribution is -3.07. The Morgan fingerprint density at radius 1 is 1.13 bits per heavy atom. The van der Waals surface area contributed by atoms with Crippen LogP contribution in [-0.4, -0.2) is 33.2 Å². The molecule has 122 valence electrons. The van der Waals surface area contributed by atoms with E-state index in [1.807, 2.05) is 42.5 Å². The summed E-state index contributed by atoms with van der Waals surface area (Å²) in [6.45, 7) is 0.598. The van der Waals surface area contributed by atoms with Crippen molar-refractivity contribution in [1.82, 2.24) is 5.32 Å². The number of hydrogen-bond donors (Lipinski definition) is 2. The van der Waals surface area contributed by atoms with Gasteiger partial charge in [-0.1, -0.05) is 46.3 Å². The van der Waals surface area contributed by atoms with Gasteiger partial charge < -0.3 is 15.0 Å². The lowest BCUT2D eigenvalue weighted by Gasteiger charge is -2.22. The standard InChI is InChI=1S/C18H21BrN2O2/c1-21(2)17(14-6-4-3-5-7-14)12-20-18(22)13-23-16-10-8-15(19)9-11-16/h3-11,17H,12-13H2,1-2H3,(H,20,22)/p+1/t17-/m0/s1. The number of quaternary nitrogens is 1. The van der Waals surface area contributed by atoms with E-state index in [9.17, 15) is 4.79 Å². The minimum atomic E-state index is -0.116. The molecule has 2 N–H and O–H groups in total. The lowest BCUT2D eigenvalue weighted by atomic mass is 10.1. The third-order valence-corrected chi connectivity index (χ3v) is 4.11. The van der Waals surface area contributed by atoms with Gasteiger partial charge in [-0.2, -0.15) is 0 Å². The topological polar surface area (TPSA) is 42.8 Å². The fraction of sp³-hybridized carbons (Fsp3) is 0.278. The molecule has 0 saturated heterocycles. The number of likely N-dealkylation sites (N-methyl/N-ethyl adjacent to an activating group) is 1. The van der Waals surface area contributed by atoms with Gasteiger partial charge in [-0.15, -0.1) is 0 Å². The predicted molar refractivity (Wildman–Crippen MR) is 94.6 cm³/mol. The van der Waals surface area contributed by atoms with Gasteiger partial charge in [-0.3, -0.25) is 4.79 Å². The van der Waals surface area contributed by atoms with Crippen LogP contribution in [0.4, 0.5) is 0 Å². The van der Waals surface area contributed by atoms with Crippen LogP contribution in [0.3, 0.4) is 0 Å². The summed E-state index contributed by atoms with van der Waals surface area (Å²) in [7, 11) is 4.17. The second-order valence-corrected chi connectivity index (χ2v) is 6.50. The Hall–Kier alpha value is -1.85. The van der Waals surface area contributed by atoms with E-state index in [0.717, 1.165) is 4.47 Å². The van der Waals surface area contributed by atoms with Crippen LogP contribution in [0.25, 0.3) is 0 Å². The maximum Gasteiger partial charge on any atom is 0.258 e. The van der Waals surface area contributed by atoms with E-state index in [-0.39, 0.29) is 18.6 Å². The van der Waals surface area contributed by atoms with Gasteiger partial charge in [0.15, 0.2) is 6.61 Å². The summed E-state index contributed by atoms with van der Waals surface area (Å²) < 4.78 is 6.46. The molecular formula is C18H22BrN2O2+. The van der Waals surface area contributed by atoms with E-state index in [1.54, 1.807) is 0 Å². The average Bonchev–Trinajstić information content (AvgIpc) is 2.55. The molecule has 0 saturated carbocycles. The van der Waals surface area contributed by atoms with Crippen molar-refractivity contribution in [3.05, 3.63) is 64.6 Å². The molecule has 0 aliphatic heterocycles. The van der Waals surface area contributed by atoms with E-state index in [4.69, 9.17) is 4.74 Å². The molecule has 0 aromatic heterocycles. The number of benzene rings is 2. The lowest BCUT2D eigenvalue weighted by molar-refractivity contribution is -0.890. The number of carbonyl (C=O) groups is 1. The monoisotopic (exact) mass is 377 g/mol. The highest BCUT2D eigenvalue weighted by Gasteiger charge is 2.18.